The highest BCUT2D eigenvalue weighted by Gasteiger charge is 2.27. The number of aldehydes is 1. The van der Waals surface area contributed by atoms with Crippen molar-refractivity contribution in [1.29, 1.82) is 0 Å². The number of methoxy groups -OCH3 is 1. The smallest absolute Gasteiger partial charge is 0.176 e. The molecule has 1 aliphatic rings. The van der Waals surface area contributed by atoms with Gasteiger partial charge in [0, 0.05) is 5.56 Å². The summed E-state index contributed by atoms with van der Waals surface area (Å²) in [5.41, 5.74) is 1.45. The molecule has 0 saturated carbocycles. The average molecular weight is 164 g/mol. The number of hydrogen-bond donors (Lipinski definition) is 0. The number of ether oxygens (including phenoxy) is 2. The lowest BCUT2D eigenvalue weighted by Crippen LogP contribution is -1.90. The monoisotopic (exact) mass is 164 g/mol. The van der Waals surface area contributed by atoms with Crippen LogP contribution in [0.2, 0.25) is 0 Å². The highest BCUT2D eigenvalue weighted by molar-refractivity contribution is 5.85. The predicted octanol–water partition coefficient (Wildman–Crippen LogP) is 1.92. The van der Waals surface area contributed by atoms with E-state index in [1.54, 1.807) is 13.2 Å². The number of benzene rings is 1. The first kappa shape index (κ1) is 7.16. The van der Waals surface area contributed by atoms with Crippen LogP contribution in [0.3, 0.4) is 0 Å². The van der Waals surface area contributed by atoms with Gasteiger partial charge in [-0.05, 0) is 13.0 Å². The Morgan fingerprint density at radius 3 is 2.92 bits per heavy atom. The topological polar surface area (TPSA) is 38.8 Å². The summed E-state index contributed by atoms with van der Waals surface area (Å²) in [6.45, 7) is 1.87. The molecule has 2 rings (SSSR count). The van der Waals surface area contributed by atoms with E-state index < -0.39 is 0 Å². The fourth-order valence-electron chi connectivity index (χ4n) is 1.33. The van der Waals surface area contributed by atoms with Gasteiger partial charge >= 0.3 is 0 Å². The van der Waals surface area contributed by atoms with Gasteiger partial charge in [0.25, 0.3) is 0 Å². The number of fused-ring (bicyclic) bond motifs is 1. The molecule has 0 spiro atoms. The number of rotatable bonds is 2. The summed E-state index contributed by atoms with van der Waals surface area (Å²) in [6, 6.07) is 1.69. The zero-order valence-corrected chi connectivity index (χ0v) is 6.88. The summed E-state index contributed by atoms with van der Waals surface area (Å²) in [5, 5.41) is 0. The van der Waals surface area contributed by atoms with E-state index in [9.17, 15) is 4.79 Å². The Hall–Kier alpha value is -1.51. The van der Waals surface area contributed by atoms with Crippen molar-refractivity contribution in [2.75, 3.05) is 7.11 Å². The van der Waals surface area contributed by atoms with Crippen molar-refractivity contribution in [3.05, 3.63) is 17.2 Å². The third-order valence-corrected chi connectivity index (χ3v) is 1.96. The van der Waals surface area contributed by atoms with E-state index in [0.29, 0.717) is 11.3 Å². The Morgan fingerprint density at radius 1 is 1.58 bits per heavy atom. The zero-order chi connectivity index (χ0) is 8.72. The predicted molar refractivity (Wildman–Crippen MR) is 43.2 cm³/mol. The van der Waals surface area contributed by atoms with E-state index in [0.717, 1.165) is 23.3 Å². The van der Waals surface area contributed by atoms with Crippen LogP contribution in [0, 0.1) is 6.92 Å². The number of hydrogen-bond acceptors (Lipinski definition) is 3. The molecule has 1 aliphatic heterocycles. The van der Waals surface area contributed by atoms with E-state index in [1.807, 2.05) is 6.92 Å². The molecule has 3 heteroatoms. The van der Waals surface area contributed by atoms with Crippen molar-refractivity contribution in [3.63, 3.8) is 0 Å². The molecule has 1 heterocycles. The van der Waals surface area contributed by atoms with Crippen molar-refractivity contribution in [1.82, 2.24) is 0 Å². The minimum Gasteiger partial charge on any atom is -0.496 e. The maximum Gasteiger partial charge on any atom is 0.176 e. The molecule has 0 aromatic heterocycles. The molecular formula is C9H8O3. The summed E-state index contributed by atoms with van der Waals surface area (Å²) in [6.07, 6.45) is 0.772. The summed E-state index contributed by atoms with van der Waals surface area (Å²) in [5.74, 6) is 2.24. The third kappa shape index (κ3) is 0.794. The summed E-state index contributed by atoms with van der Waals surface area (Å²) >= 11 is 0. The second-order valence-corrected chi connectivity index (χ2v) is 2.67. The van der Waals surface area contributed by atoms with E-state index in [4.69, 9.17) is 9.47 Å². The summed E-state index contributed by atoms with van der Waals surface area (Å²) in [7, 11) is 1.55. The largest absolute Gasteiger partial charge is 0.496 e. The Kier molecular flexibility index (Phi) is 1.33. The van der Waals surface area contributed by atoms with Crippen LogP contribution in [0.15, 0.2) is 6.07 Å². The first-order valence-corrected chi connectivity index (χ1v) is 3.62. The lowest BCUT2D eigenvalue weighted by Gasteiger charge is -2.02. The highest BCUT2D eigenvalue weighted by Crippen LogP contribution is 2.52. The van der Waals surface area contributed by atoms with Gasteiger partial charge in [0.15, 0.2) is 17.8 Å². The SMILES string of the molecule is COc1c(C=O)cc2c(c1C)O2. The van der Waals surface area contributed by atoms with Crippen LogP contribution in [0.5, 0.6) is 17.2 Å². The van der Waals surface area contributed by atoms with Crippen LogP contribution < -0.4 is 9.47 Å². The quantitative estimate of drug-likeness (QED) is 0.502. The van der Waals surface area contributed by atoms with Crippen molar-refractivity contribution in [3.8, 4) is 17.2 Å². The lowest BCUT2D eigenvalue weighted by atomic mass is 10.1. The fourth-order valence-corrected chi connectivity index (χ4v) is 1.33. The maximum absolute atomic E-state index is 10.6. The molecule has 0 saturated heterocycles. The molecule has 12 heavy (non-hydrogen) atoms. The van der Waals surface area contributed by atoms with Gasteiger partial charge in [0.1, 0.15) is 5.75 Å². The van der Waals surface area contributed by atoms with Crippen molar-refractivity contribution in [2.24, 2.45) is 0 Å². The van der Waals surface area contributed by atoms with Gasteiger partial charge in [-0.2, -0.15) is 0 Å². The standard InChI is InChI=1S/C9H8O3/c1-5-8(11-2)6(4-10)3-7-9(5)12-7/h3-4H,1-2H3. The Morgan fingerprint density at radius 2 is 2.33 bits per heavy atom. The number of carbonyl (C=O) groups excluding carboxylic acids is 1. The van der Waals surface area contributed by atoms with Gasteiger partial charge in [-0.1, -0.05) is 0 Å². The molecule has 0 bridgehead atoms. The van der Waals surface area contributed by atoms with Gasteiger partial charge in [-0.3, -0.25) is 4.79 Å². The van der Waals surface area contributed by atoms with Gasteiger partial charge in [0.2, 0.25) is 0 Å². The normalized spacial score (nSPS) is 11.5. The molecule has 0 amide bonds. The molecule has 1 aromatic carbocycles. The third-order valence-electron chi connectivity index (χ3n) is 1.96. The lowest BCUT2D eigenvalue weighted by molar-refractivity contribution is 0.112. The van der Waals surface area contributed by atoms with Gasteiger partial charge in [-0.25, -0.2) is 0 Å². The molecule has 0 atom stereocenters. The van der Waals surface area contributed by atoms with E-state index >= 15 is 0 Å². The Bertz CT molecular complexity index is 355. The molecule has 62 valence electrons. The Balaban J connectivity index is 2.64. The molecule has 0 N–H and O–H groups in total. The zero-order valence-electron chi connectivity index (χ0n) is 6.88. The fraction of sp³-hybridized carbons (Fsp3) is 0.222. The second-order valence-electron chi connectivity index (χ2n) is 2.67. The highest BCUT2D eigenvalue weighted by atomic mass is 16.6. The summed E-state index contributed by atoms with van der Waals surface area (Å²) in [4.78, 5) is 10.6. The maximum atomic E-state index is 10.6. The van der Waals surface area contributed by atoms with Crippen molar-refractivity contribution < 1.29 is 14.3 Å². The van der Waals surface area contributed by atoms with Crippen molar-refractivity contribution >= 4 is 6.29 Å². The first-order valence-electron chi connectivity index (χ1n) is 3.62. The van der Waals surface area contributed by atoms with E-state index in [-0.39, 0.29) is 0 Å². The van der Waals surface area contributed by atoms with Gasteiger partial charge in [0.05, 0.1) is 12.7 Å². The summed E-state index contributed by atoms with van der Waals surface area (Å²) < 4.78 is 10.2. The molecular weight excluding hydrogens is 156 g/mol. The van der Waals surface area contributed by atoms with Crippen LogP contribution >= 0.6 is 0 Å². The molecule has 0 fully saturated rings. The minimum atomic E-state index is 0.547. The molecule has 1 aromatic rings. The van der Waals surface area contributed by atoms with Crippen LogP contribution in [-0.4, -0.2) is 13.4 Å². The molecule has 3 nitrogen and oxygen atoms in total. The van der Waals surface area contributed by atoms with Gasteiger partial charge in [-0.15, -0.1) is 0 Å². The van der Waals surface area contributed by atoms with Gasteiger partial charge < -0.3 is 9.47 Å². The van der Waals surface area contributed by atoms with Crippen LogP contribution in [0.1, 0.15) is 15.9 Å². The average Bonchev–Trinajstić information content (AvgIpc) is 2.83. The number of carbonyl (C=O) groups is 1. The van der Waals surface area contributed by atoms with Crippen LogP contribution in [-0.2, 0) is 0 Å². The molecule has 0 aliphatic carbocycles. The molecule has 0 radical (unpaired) electrons. The van der Waals surface area contributed by atoms with Crippen molar-refractivity contribution in [2.45, 2.75) is 6.92 Å². The van der Waals surface area contributed by atoms with Crippen LogP contribution in [0.4, 0.5) is 0 Å². The van der Waals surface area contributed by atoms with E-state index in [2.05, 4.69) is 0 Å². The first-order chi connectivity index (χ1) is 5.77. The Labute approximate surface area is 69.9 Å². The molecule has 0 unspecified atom stereocenters. The minimum absolute atomic E-state index is 0.547. The van der Waals surface area contributed by atoms with E-state index in [1.165, 1.54) is 0 Å². The second kappa shape index (κ2) is 2.24. The van der Waals surface area contributed by atoms with Crippen LogP contribution in [0.25, 0.3) is 0 Å².